The van der Waals surface area contributed by atoms with Gasteiger partial charge >= 0.3 is 0 Å². The summed E-state index contributed by atoms with van der Waals surface area (Å²) in [4.78, 5) is 29.3. The highest BCUT2D eigenvalue weighted by atomic mass is 19.1. The Morgan fingerprint density at radius 1 is 0.941 bits per heavy atom. The molecule has 1 fully saturated rings. The fourth-order valence-corrected chi connectivity index (χ4v) is 4.04. The molecule has 172 valence electrons. The zero-order valence-electron chi connectivity index (χ0n) is 18.4. The number of hydrogen-bond acceptors (Lipinski definition) is 4. The molecule has 0 spiro atoms. The lowest BCUT2D eigenvalue weighted by Crippen LogP contribution is -2.40. The average Bonchev–Trinajstić information content (AvgIpc) is 2.88. The highest BCUT2D eigenvalue weighted by Gasteiger charge is 2.30. The van der Waals surface area contributed by atoms with Gasteiger partial charge in [-0.2, -0.15) is 0 Å². The molecule has 0 unspecified atom stereocenters. The van der Waals surface area contributed by atoms with Crippen LogP contribution in [0.2, 0.25) is 0 Å². The quantitative estimate of drug-likeness (QED) is 0.548. The summed E-state index contributed by atoms with van der Waals surface area (Å²) in [5.74, 6) is -0.135. The second-order valence-corrected chi connectivity index (χ2v) is 8.09. The van der Waals surface area contributed by atoms with Crippen LogP contribution in [0.25, 0.3) is 6.08 Å². The number of halogens is 1. The fourth-order valence-electron chi connectivity index (χ4n) is 4.04. The Kier molecular flexibility index (Phi) is 6.10. The first-order chi connectivity index (χ1) is 16.6. The molecular formula is C27H23FN2O4. The van der Waals surface area contributed by atoms with Crippen molar-refractivity contribution in [3.05, 3.63) is 101 Å². The van der Waals surface area contributed by atoms with Gasteiger partial charge in [-0.05, 0) is 42.0 Å². The first kappa shape index (κ1) is 21.9. The highest BCUT2D eigenvalue weighted by molar-refractivity contribution is 6.09. The van der Waals surface area contributed by atoms with E-state index in [2.05, 4.69) is 0 Å². The summed E-state index contributed by atoms with van der Waals surface area (Å²) in [5, 5.41) is 0. The van der Waals surface area contributed by atoms with E-state index in [4.69, 9.17) is 9.47 Å². The minimum atomic E-state index is -0.370. The van der Waals surface area contributed by atoms with Crippen molar-refractivity contribution < 1.29 is 23.5 Å². The van der Waals surface area contributed by atoms with Gasteiger partial charge in [0.2, 0.25) is 0 Å². The van der Waals surface area contributed by atoms with Gasteiger partial charge in [-0.1, -0.05) is 42.5 Å². The minimum absolute atomic E-state index is 0.0440. The second-order valence-electron chi connectivity index (χ2n) is 8.09. The number of carbonyl (C=O) groups is 2. The van der Waals surface area contributed by atoms with E-state index in [9.17, 15) is 14.0 Å². The Labute approximate surface area is 196 Å². The van der Waals surface area contributed by atoms with Crippen molar-refractivity contribution in [2.24, 2.45) is 0 Å². The molecule has 0 bridgehead atoms. The van der Waals surface area contributed by atoms with Crippen molar-refractivity contribution in [1.29, 1.82) is 0 Å². The molecule has 3 aromatic rings. The normalized spacial score (nSPS) is 16.9. The van der Waals surface area contributed by atoms with E-state index >= 15 is 0 Å². The van der Waals surface area contributed by atoms with Crippen LogP contribution in [0.5, 0.6) is 5.75 Å². The lowest BCUT2D eigenvalue weighted by atomic mass is 10.1. The summed E-state index contributed by atoms with van der Waals surface area (Å²) in [6.07, 6.45) is 1.63. The maximum absolute atomic E-state index is 14.3. The molecule has 2 heterocycles. The van der Waals surface area contributed by atoms with Crippen molar-refractivity contribution in [2.75, 3.05) is 31.2 Å². The summed E-state index contributed by atoms with van der Waals surface area (Å²) in [6, 6.07) is 20.6. The zero-order valence-corrected chi connectivity index (χ0v) is 18.4. The van der Waals surface area contributed by atoms with Gasteiger partial charge in [-0.15, -0.1) is 0 Å². The van der Waals surface area contributed by atoms with Crippen LogP contribution in [0.4, 0.5) is 10.1 Å². The maximum atomic E-state index is 14.3. The third kappa shape index (κ3) is 4.43. The first-order valence-electron chi connectivity index (χ1n) is 11.1. The van der Waals surface area contributed by atoms with Crippen molar-refractivity contribution >= 4 is 23.6 Å². The van der Waals surface area contributed by atoms with E-state index in [-0.39, 0.29) is 29.9 Å². The van der Waals surface area contributed by atoms with Crippen molar-refractivity contribution in [3.63, 3.8) is 0 Å². The molecule has 34 heavy (non-hydrogen) atoms. The van der Waals surface area contributed by atoms with Gasteiger partial charge < -0.3 is 14.4 Å². The zero-order chi connectivity index (χ0) is 23.5. The molecule has 2 aliphatic rings. The van der Waals surface area contributed by atoms with Gasteiger partial charge in [0.25, 0.3) is 11.8 Å². The summed E-state index contributed by atoms with van der Waals surface area (Å²) in [5.41, 5.74) is 2.29. The molecule has 5 rings (SSSR count). The number of ether oxygens (including phenoxy) is 2. The van der Waals surface area contributed by atoms with E-state index < -0.39 is 0 Å². The van der Waals surface area contributed by atoms with E-state index in [1.54, 1.807) is 65.6 Å². The van der Waals surface area contributed by atoms with Crippen LogP contribution in [0.1, 0.15) is 21.5 Å². The van der Waals surface area contributed by atoms with Crippen LogP contribution < -0.4 is 9.64 Å². The van der Waals surface area contributed by atoms with Crippen molar-refractivity contribution in [1.82, 2.24) is 4.90 Å². The van der Waals surface area contributed by atoms with Crippen LogP contribution in [-0.4, -0.2) is 43.0 Å². The second kappa shape index (κ2) is 9.49. The van der Waals surface area contributed by atoms with Gasteiger partial charge in [0, 0.05) is 24.2 Å². The molecule has 2 aliphatic heterocycles. The van der Waals surface area contributed by atoms with E-state index in [1.165, 1.54) is 11.0 Å². The topological polar surface area (TPSA) is 59.1 Å². The Bertz CT molecular complexity index is 1250. The van der Waals surface area contributed by atoms with Gasteiger partial charge in [-0.25, -0.2) is 4.39 Å². The van der Waals surface area contributed by atoms with Crippen LogP contribution in [0, 0.1) is 5.82 Å². The summed E-state index contributed by atoms with van der Waals surface area (Å²) >= 11 is 0. The highest BCUT2D eigenvalue weighted by Crippen LogP contribution is 2.36. The Hall–Kier alpha value is -3.97. The lowest BCUT2D eigenvalue weighted by Gasteiger charge is -2.30. The number of amides is 2. The molecule has 2 amide bonds. The lowest BCUT2D eigenvalue weighted by molar-refractivity contribution is -0.117. The van der Waals surface area contributed by atoms with Crippen LogP contribution in [0.3, 0.4) is 0 Å². The number of morpholine rings is 1. The summed E-state index contributed by atoms with van der Waals surface area (Å²) in [7, 11) is 0. The molecule has 0 atom stereocenters. The number of nitrogens with zero attached hydrogens (tertiary/aromatic N) is 2. The molecule has 0 saturated carbocycles. The number of rotatable bonds is 4. The molecule has 0 aliphatic carbocycles. The smallest absolute Gasteiger partial charge is 0.294 e. The van der Waals surface area contributed by atoms with Gasteiger partial charge in [0.05, 0.1) is 25.4 Å². The minimum Gasteiger partial charge on any atom is -0.449 e. The Balaban J connectivity index is 1.41. The molecule has 0 radical (unpaired) electrons. The standard InChI is InChI=1S/C27H23FN2O4/c28-22-6-2-1-5-21(22)18-30-23-7-3-4-8-24(23)34-25(27(30)32)17-19-9-11-20(12-10-19)26(31)29-13-15-33-16-14-29/h1-12,17H,13-16,18H2/b25-17-. The van der Waals surface area contributed by atoms with Gasteiger partial charge in [0.15, 0.2) is 11.5 Å². The third-order valence-electron chi connectivity index (χ3n) is 5.87. The molecule has 3 aromatic carbocycles. The van der Waals surface area contributed by atoms with Crippen LogP contribution in [-0.2, 0) is 16.1 Å². The monoisotopic (exact) mass is 458 g/mol. The van der Waals surface area contributed by atoms with E-state index in [0.717, 1.165) is 0 Å². The Morgan fingerprint density at radius 2 is 1.65 bits per heavy atom. The SMILES string of the molecule is O=C(c1ccc(/C=C2\Oc3ccccc3N(Cc3ccccc3F)C2=O)cc1)N1CCOCC1. The number of benzene rings is 3. The van der Waals surface area contributed by atoms with Crippen LogP contribution in [0.15, 0.2) is 78.6 Å². The molecular weight excluding hydrogens is 435 g/mol. The number of carbonyl (C=O) groups excluding carboxylic acids is 2. The first-order valence-corrected chi connectivity index (χ1v) is 11.1. The number of anilines is 1. The molecule has 1 saturated heterocycles. The van der Waals surface area contributed by atoms with E-state index in [1.807, 2.05) is 12.1 Å². The van der Waals surface area contributed by atoms with Gasteiger partial charge in [0.1, 0.15) is 5.82 Å². The number of para-hydroxylation sites is 2. The number of hydrogen-bond donors (Lipinski definition) is 0. The maximum Gasteiger partial charge on any atom is 0.294 e. The molecule has 0 N–H and O–H groups in total. The number of fused-ring (bicyclic) bond motifs is 1. The molecule has 0 aromatic heterocycles. The van der Waals surface area contributed by atoms with Crippen LogP contribution >= 0.6 is 0 Å². The summed E-state index contributed by atoms with van der Waals surface area (Å²) < 4.78 is 25.5. The predicted molar refractivity (Wildman–Crippen MR) is 126 cm³/mol. The molecule has 7 heteroatoms. The summed E-state index contributed by atoms with van der Waals surface area (Å²) in [6.45, 7) is 2.31. The Morgan fingerprint density at radius 3 is 2.41 bits per heavy atom. The van der Waals surface area contributed by atoms with Crippen molar-refractivity contribution in [2.45, 2.75) is 6.54 Å². The van der Waals surface area contributed by atoms with E-state index in [0.29, 0.717) is 54.4 Å². The predicted octanol–water partition coefficient (Wildman–Crippen LogP) is 4.26. The van der Waals surface area contributed by atoms with Crippen molar-refractivity contribution in [3.8, 4) is 5.75 Å². The molecule has 6 nitrogen and oxygen atoms in total. The fraction of sp³-hybridized carbons (Fsp3) is 0.185. The third-order valence-corrected chi connectivity index (χ3v) is 5.87. The largest absolute Gasteiger partial charge is 0.449 e. The van der Waals surface area contributed by atoms with Gasteiger partial charge in [-0.3, -0.25) is 14.5 Å². The average molecular weight is 458 g/mol.